The van der Waals surface area contributed by atoms with Crippen LogP contribution in [0.3, 0.4) is 0 Å². The highest BCUT2D eigenvalue weighted by Crippen LogP contribution is 2.14. The lowest BCUT2D eigenvalue weighted by Gasteiger charge is -2.06. The number of carbonyl (C=O) groups is 2. The van der Waals surface area contributed by atoms with Gasteiger partial charge in [-0.3, -0.25) is 9.48 Å². The molecule has 0 bridgehead atoms. The predicted octanol–water partition coefficient (Wildman–Crippen LogP) is 1.75. The summed E-state index contributed by atoms with van der Waals surface area (Å²) in [5, 5.41) is 15.1. The minimum atomic E-state index is -1.35. The van der Waals surface area contributed by atoms with Crippen molar-refractivity contribution in [1.82, 2.24) is 9.78 Å². The highest BCUT2D eigenvalue weighted by Gasteiger charge is 2.11. The van der Waals surface area contributed by atoms with Gasteiger partial charge in [0.15, 0.2) is 0 Å². The highest BCUT2D eigenvalue weighted by molar-refractivity contribution is 5.92. The van der Waals surface area contributed by atoms with Crippen molar-refractivity contribution in [3.05, 3.63) is 48.0 Å². The average Bonchev–Trinajstić information content (AvgIpc) is 2.89. The lowest BCUT2D eigenvalue weighted by atomic mass is 10.2. The normalized spacial score (nSPS) is 10.2. The molecular weight excluding hydrogens is 265 g/mol. The van der Waals surface area contributed by atoms with E-state index < -0.39 is 17.3 Å². The molecular formula is C13H12FN3O3. The topological polar surface area (TPSA) is 84.2 Å². The summed E-state index contributed by atoms with van der Waals surface area (Å²) < 4.78 is 15.0. The Kier molecular flexibility index (Phi) is 4.09. The molecule has 1 aromatic heterocycles. The molecule has 6 nitrogen and oxygen atoms in total. The monoisotopic (exact) mass is 277 g/mol. The first-order valence-electron chi connectivity index (χ1n) is 5.86. The van der Waals surface area contributed by atoms with Crippen LogP contribution >= 0.6 is 0 Å². The third kappa shape index (κ3) is 3.41. The molecule has 2 rings (SSSR count). The van der Waals surface area contributed by atoms with E-state index in [4.69, 9.17) is 5.11 Å². The molecule has 1 amide bonds. The zero-order valence-corrected chi connectivity index (χ0v) is 10.4. The first kappa shape index (κ1) is 13.7. The number of hydrogen-bond acceptors (Lipinski definition) is 3. The van der Waals surface area contributed by atoms with Crippen molar-refractivity contribution in [1.29, 1.82) is 0 Å². The molecule has 0 fully saturated rings. The van der Waals surface area contributed by atoms with Crippen molar-refractivity contribution in [2.45, 2.75) is 13.0 Å². The van der Waals surface area contributed by atoms with Gasteiger partial charge in [-0.2, -0.15) is 5.10 Å². The number of aromatic nitrogens is 2. The summed E-state index contributed by atoms with van der Waals surface area (Å²) in [6, 6.07) is 5.19. The van der Waals surface area contributed by atoms with E-state index in [0.717, 1.165) is 12.1 Å². The summed E-state index contributed by atoms with van der Waals surface area (Å²) in [7, 11) is 0. The molecule has 20 heavy (non-hydrogen) atoms. The van der Waals surface area contributed by atoms with Crippen LogP contribution in [-0.4, -0.2) is 26.8 Å². The second-order valence-corrected chi connectivity index (χ2v) is 4.07. The Labute approximate surface area is 113 Å². The van der Waals surface area contributed by atoms with Crippen LogP contribution in [-0.2, 0) is 11.3 Å². The Morgan fingerprint density at radius 3 is 2.80 bits per heavy atom. The predicted molar refractivity (Wildman–Crippen MR) is 68.8 cm³/mol. The van der Waals surface area contributed by atoms with Crippen LogP contribution in [0.5, 0.6) is 0 Å². The molecule has 0 spiro atoms. The average molecular weight is 277 g/mol. The van der Waals surface area contributed by atoms with Gasteiger partial charge in [0.25, 0.3) is 0 Å². The van der Waals surface area contributed by atoms with E-state index in [1.807, 2.05) is 0 Å². The lowest BCUT2D eigenvalue weighted by molar-refractivity contribution is -0.116. The van der Waals surface area contributed by atoms with Crippen molar-refractivity contribution in [2.24, 2.45) is 0 Å². The quantitative estimate of drug-likeness (QED) is 0.872. The number of carbonyl (C=O) groups excluding carboxylic acids is 1. The van der Waals surface area contributed by atoms with E-state index >= 15 is 0 Å². The number of amides is 1. The fourth-order valence-corrected chi connectivity index (χ4v) is 1.64. The first-order valence-corrected chi connectivity index (χ1v) is 5.86. The van der Waals surface area contributed by atoms with Gasteiger partial charge in [0.1, 0.15) is 5.82 Å². The van der Waals surface area contributed by atoms with Crippen LogP contribution in [0.4, 0.5) is 10.1 Å². The van der Waals surface area contributed by atoms with Crippen LogP contribution in [0.2, 0.25) is 0 Å². The Morgan fingerprint density at radius 2 is 2.20 bits per heavy atom. The molecule has 2 N–H and O–H groups in total. The highest BCUT2D eigenvalue weighted by atomic mass is 19.1. The molecule has 0 saturated carbocycles. The van der Waals surface area contributed by atoms with Gasteiger partial charge >= 0.3 is 5.97 Å². The zero-order valence-electron chi connectivity index (χ0n) is 10.4. The minimum Gasteiger partial charge on any atom is -0.478 e. The van der Waals surface area contributed by atoms with E-state index in [2.05, 4.69) is 10.4 Å². The molecule has 1 aromatic carbocycles. The number of rotatable bonds is 5. The Hall–Kier alpha value is -2.70. The van der Waals surface area contributed by atoms with Gasteiger partial charge in [0.2, 0.25) is 5.91 Å². The third-order valence-corrected chi connectivity index (χ3v) is 2.61. The Bertz CT molecular complexity index is 626. The van der Waals surface area contributed by atoms with E-state index in [9.17, 15) is 14.0 Å². The largest absolute Gasteiger partial charge is 0.478 e. The summed E-state index contributed by atoms with van der Waals surface area (Å²) in [4.78, 5) is 22.3. The van der Waals surface area contributed by atoms with Crippen LogP contribution in [0.25, 0.3) is 0 Å². The number of anilines is 1. The lowest BCUT2D eigenvalue weighted by Crippen LogP contribution is -2.15. The molecule has 0 aliphatic heterocycles. The number of benzene rings is 1. The van der Waals surface area contributed by atoms with Crippen LogP contribution in [0.15, 0.2) is 36.7 Å². The fourth-order valence-electron chi connectivity index (χ4n) is 1.64. The van der Waals surface area contributed by atoms with E-state index in [1.54, 1.807) is 23.1 Å². The number of aromatic carboxylic acids is 1. The summed E-state index contributed by atoms with van der Waals surface area (Å²) in [5.41, 5.74) is -0.211. The van der Waals surface area contributed by atoms with Gasteiger partial charge in [-0.05, 0) is 24.3 Å². The van der Waals surface area contributed by atoms with Gasteiger partial charge in [-0.1, -0.05) is 0 Å². The van der Waals surface area contributed by atoms with Gasteiger partial charge in [0, 0.05) is 31.0 Å². The van der Waals surface area contributed by atoms with Gasteiger partial charge in [-0.25, -0.2) is 9.18 Å². The number of aryl methyl sites for hydroxylation is 1. The van der Waals surface area contributed by atoms with Gasteiger partial charge in [-0.15, -0.1) is 0 Å². The second kappa shape index (κ2) is 5.96. The number of carboxylic acid groups (broad SMARTS) is 1. The third-order valence-electron chi connectivity index (χ3n) is 2.61. The maximum atomic E-state index is 13.4. The molecule has 0 aliphatic rings. The summed E-state index contributed by atoms with van der Waals surface area (Å²) in [5.74, 6) is -2.54. The second-order valence-electron chi connectivity index (χ2n) is 4.07. The van der Waals surface area contributed by atoms with E-state index in [1.165, 1.54) is 6.07 Å². The van der Waals surface area contributed by atoms with Crippen molar-refractivity contribution < 1.29 is 19.1 Å². The van der Waals surface area contributed by atoms with Gasteiger partial charge in [0.05, 0.1) is 5.56 Å². The van der Waals surface area contributed by atoms with Crippen molar-refractivity contribution >= 4 is 17.6 Å². The maximum absolute atomic E-state index is 13.4. The number of halogens is 1. The van der Waals surface area contributed by atoms with E-state index in [0.29, 0.717) is 6.54 Å². The number of nitrogens with zero attached hydrogens (tertiary/aromatic N) is 2. The van der Waals surface area contributed by atoms with Crippen molar-refractivity contribution in [3.63, 3.8) is 0 Å². The van der Waals surface area contributed by atoms with E-state index in [-0.39, 0.29) is 18.0 Å². The van der Waals surface area contributed by atoms with Crippen molar-refractivity contribution in [3.8, 4) is 0 Å². The molecule has 104 valence electrons. The summed E-state index contributed by atoms with van der Waals surface area (Å²) in [6.07, 6.45) is 3.52. The first-order chi connectivity index (χ1) is 9.56. The molecule has 0 atom stereocenters. The SMILES string of the molecule is O=C(CCn1cccn1)Nc1ccc(C(=O)O)c(F)c1. The molecule has 1 heterocycles. The van der Waals surface area contributed by atoms with Crippen LogP contribution in [0.1, 0.15) is 16.8 Å². The number of hydrogen-bond donors (Lipinski definition) is 2. The molecule has 0 unspecified atom stereocenters. The Balaban J connectivity index is 1.94. The van der Waals surface area contributed by atoms with Crippen LogP contribution in [0, 0.1) is 5.82 Å². The molecule has 0 saturated heterocycles. The zero-order chi connectivity index (χ0) is 14.5. The van der Waals surface area contributed by atoms with Crippen molar-refractivity contribution in [2.75, 3.05) is 5.32 Å². The van der Waals surface area contributed by atoms with Gasteiger partial charge < -0.3 is 10.4 Å². The molecule has 0 aliphatic carbocycles. The standard InChI is InChI=1S/C13H12FN3O3/c14-11-8-9(2-3-10(11)13(19)20)16-12(18)4-7-17-6-1-5-15-17/h1-3,5-6,8H,4,7H2,(H,16,18)(H,19,20). The maximum Gasteiger partial charge on any atom is 0.338 e. The number of nitrogens with one attached hydrogen (secondary N) is 1. The molecule has 7 heteroatoms. The fraction of sp³-hybridized carbons (Fsp3) is 0.154. The summed E-state index contributed by atoms with van der Waals surface area (Å²) >= 11 is 0. The van der Waals surface area contributed by atoms with Crippen LogP contribution < -0.4 is 5.32 Å². The summed E-state index contributed by atoms with van der Waals surface area (Å²) in [6.45, 7) is 0.411. The number of carboxylic acids is 1. The molecule has 0 radical (unpaired) electrons. The minimum absolute atomic E-state index is 0.185. The molecule has 2 aromatic rings. The smallest absolute Gasteiger partial charge is 0.338 e. The Morgan fingerprint density at radius 1 is 1.40 bits per heavy atom.